The van der Waals surface area contributed by atoms with Crippen LogP contribution in [0.3, 0.4) is 0 Å². The van der Waals surface area contributed by atoms with Crippen LogP contribution in [0.2, 0.25) is 0 Å². The molecule has 1 nitrogen and oxygen atoms in total. The Bertz CT molecular complexity index is 276. The summed E-state index contributed by atoms with van der Waals surface area (Å²) in [6, 6.07) is 3.00. The molecule has 0 aromatic carbocycles. The highest BCUT2D eigenvalue weighted by Crippen LogP contribution is 2.30. The van der Waals surface area contributed by atoms with Gasteiger partial charge >= 0.3 is 0 Å². The minimum atomic E-state index is 0.634. The Labute approximate surface area is 90.5 Å². The van der Waals surface area contributed by atoms with Gasteiger partial charge in [0.05, 0.1) is 0 Å². The van der Waals surface area contributed by atoms with E-state index in [9.17, 15) is 0 Å². The van der Waals surface area contributed by atoms with Crippen LogP contribution in [0.25, 0.3) is 0 Å². The van der Waals surface area contributed by atoms with Crippen molar-refractivity contribution in [3.8, 4) is 0 Å². The largest absolute Gasteiger partial charge is 0.309 e. The van der Waals surface area contributed by atoms with Crippen molar-refractivity contribution in [2.24, 2.45) is 0 Å². The molecular formula is C12H19NS. The third-order valence-electron chi connectivity index (χ3n) is 3.09. The molecule has 0 saturated carbocycles. The number of hydrogen-bond donors (Lipinski definition) is 1. The first-order valence-electron chi connectivity index (χ1n) is 5.57. The fourth-order valence-corrected chi connectivity index (χ4v) is 3.20. The highest BCUT2D eigenvalue weighted by Gasteiger charge is 2.15. The van der Waals surface area contributed by atoms with Crippen LogP contribution in [0.4, 0.5) is 0 Å². The molecule has 1 saturated heterocycles. The lowest BCUT2D eigenvalue weighted by atomic mass is 10.1. The molecular weight excluding hydrogens is 190 g/mol. The molecule has 0 amide bonds. The Morgan fingerprint density at radius 3 is 2.86 bits per heavy atom. The number of hydrogen-bond acceptors (Lipinski definition) is 2. The molecule has 1 aromatic rings. The number of nitrogens with one attached hydrogen (secondary N) is 1. The number of thiophene rings is 1. The zero-order valence-corrected chi connectivity index (χ0v) is 9.91. The predicted molar refractivity (Wildman–Crippen MR) is 63.0 cm³/mol. The monoisotopic (exact) mass is 209 g/mol. The lowest BCUT2D eigenvalue weighted by Gasteiger charge is -2.13. The first-order chi connectivity index (χ1) is 6.77. The maximum Gasteiger partial charge on any atom is 0.0414 e. The summed E-state index contributed by atoms with van der Waals surface area (Å²) in [6.45, 7) is 5.63. The molecule has 1 aromatic heterocycles. The fourth-order valence-electron chi connectivity index (χ4n) is 2.04. The molecule has 1 unspecified atom stereocenters. The van der Waals surface area contributed by atoms with E-state index in [-0.39, 0.29) is 0 Å². The summed E-state index contributed by atoms with van der Waals surface area (Å²) in [6.07, 6.45) is 5.44. The first-order valence-corrected chi connectivity index (χ1v) is 6.39. The highest BCUT2D eigenvalue weighted by molar-refractivity contribution is 7.12. The van der Waals surface area contributed by atoms with Crippen molar-refractivity contribution in [3.05, 3.63) is 21.4 Å². The predicted octanol–water partition coefficient (Wildman–Crippen LogP) is 3.57. The van der Waals surface area contributed by atoms with Gasteiger partial charge in [-0.15, -0.1) is 11.3 Å². The van der Waals surface area contributed by atoms with E-state index >= 15 is 0 Å². The van der Waals surface area contributed by atoms with Crippen LogP contribution in [-0.2, 0) is 0 Å². The first kappa shape index (κ1) is 10.2. The molecule has 2 heterocycles. The molecule has 0 bridgehead atoms. The van der Waals surface area contributed by atoms with E-state index < -0.39 is 0 Å². The van der Waals surface area contributed by atoms with Crippen LogP contribution in [0, 0.1) is 13.8 Å². The molecule has 2 rings (SSSR count). The quantitative estimate of drug-likeness (QED) is 0.745. The van der Waals surface area contributed by atoms with Crippen LogP contribution in [0.5, 0.6) is 0 Å². The third-order valence-corrected chi connectivity index (χ3v) is 4.36. The van der Waals surface area contributed by atoms with Crippen LogP contribution in [0.15, 0.2) is 6.07 Å². The molecule has 78 valence electrons. The van der Waals surface area contributed by atoms with Gasteiger partial charge in [-0.25, -0.2) is 0 Å². The molecule has 14 heavy (non-hydrogen) atoms. The summed E-state index contributed by atoms with van der Waals surface area (Å²) in [7, 11) is 0. The van der Waals surface area contributed by atoms with Gasteiger partial charge in [0.2, 0.25) is 0 Å². The second-order valence-corrected chi connectivity index (χ2v) is 5.53. The lowest BCUT2D eigenvalue weighted by molar-refractivity contribution is 0.543. The fraction of sp³-hybridized carbons (Fsp3) is 0.667. The molecule has 0 radical (unpaired) electrons. The minimum Gasteiger partial charge on any atom is -0.309 e. The van der Waals surface area contributed by atoms with Crippen molar-refractivity contribution >= 4 is 11.3 Å². The van der Waals surface area contributed by atoms with Gasteiger partial charge < -0.3 is 5.32 Å². The SMILES string of the molecule is Cc1cc(C2CCCCCN2)sc1C. The van der Waals surface area contributed by atoms with Gasteiger partial charge in [-0.3, -0.25) is 0 Å². The summed E-state index contributed by atoms with van der Waals surface area (Å²) in [5.74, 6) is 0. The van der Waals surface area contributed by atoms with E-state index in [1.807, 2.05) is 11.3 Å². The van der Waals surface area contributed by atoms with E-state index in [4.69, 9.17) is 0 Å². The Kier molecular flexibility index (Phi) is 3.24. The topological polar surface area (TPSA) is 12.0 Å². The Balaban J connectivity index is 2.12. The van der Waals surface area contributed by atoms with Gasteiger partial charge in [-0.1, -0.05) is 12.8 Å². The van der Waals surface area contributed by atoms with Crippen molar-refractivity contribution in [2.45, 2.75) is 45.6 Å². The van der Waals surface area contributed by atoms with Crippen LogP contribution >= 0.6 is 11.3 Å². The second-order valence-electron chi connectivity index (χ2n) is 4.24. The van der Waals surface area contributed by atoms with Gasteiger partial charge in [0.25, 0.3) is 0 Å². The Hall–Kier alpha value is -0.340. The van der Waals surface area contributed by atoms with Crippen molar-refractivity contribution < 1.29 is 0 Å². The average molecular weight is 209 g/mol. The van der Waals surface area contributed by atoms with E-state index in [1.54, 1.807) is 4.88 Å². The summed E-state index contributed by atoms with van der Waals surface area (Å²) in [4.78, 5) is 3.02. The molecule has 1 aliphatic rings. The molecule has 0 aliphatic carbocycles. The average Bonchev–Trinajstić information content (AvgIpc) is 2.46. The van der Waals surface area contributed by atoms with Gasteiger partial charge in [0.15, 0.2) is 0 Å². The maximum atomic E-state index is 3.65. The lowest BCUT2D eigenvalue weighted by Crippen LogP contribution is -2.19. The molecule has 1 N–H and O–H groups in total. The van der Waals surface area contributed by atoms with E-state index in [2.05, 4.69) is 25.2 Å². The highest BCUT2D eigenvalue weighted by atomic mass is 32.1. The molecule has 0 spiro atoms. The molecule has 1 fully saturated rings. The van der Waals surface area contributed by atoms with Gasteiger partial charge in [0, 0.05) is 15.8 Å². The second kappa shape index (κ2) is 4.45. The Morgan fingerprint density at radius 1 is 1.29 bits per heavy atom. The summed E-state index contributed by atoms with van der Waals surface area (Å²) >= 11 is 1.97. The number of aryl methyl sites for hydroxylation is 2. The van der Waals surface area contributed by atoms with Crippen LogP contribution in [-0.4, -0.2) is 6.54 Å². The standard InChI is InChI=1S/C12H19NS/c1-9-8-12(14-10(9)2)11-6-4-3-5-7-13-11/h8,11,13H,3-7H2,1-2H3. The smallest absolute Gasteiger partial charge is 0.0414 e. The van der Waals surface area contributed by atoms with Crippen LogP contribution in [0.1, 0.15) is 47.0 Å². The van der Waals surface area contributed by atoms with Crippen molar-refractivity contribution in [2.75, 3.05) is 6.54 Å². The third kappa shape index (κ3) is 2.18. The normalized spacial score (nSPS) is 23.4. The van der Waals surface area contributed by atoms with Gasteiger partial charge in [0.1, 0.15) is 0 Å². The van der Waals surface area contributed by atoms with E-state index in [1.165, 1.54) is 42.7 Å². The minimum absolute atomic E-state index is 0.634. The molecule has 2 heteroatoms. The summed E-state index contributed by atoms with van der Waals surface area (Å²) < 4.78 is 0. The van der Waals surface area contributed by atoms with Crippen LogP contribution < -0.4 is 5.32 Å². The van der Waals surface area contributed by atoms with E-state index in [0.717, 1.165) is 0 Å². The van der Waals surface area contributed by atoms with Gasteiger partial charge in [-0.2, -0.15) is 0 Å². The molecule has 1 aliphatic heterocycles. The van der Waals surface area contributed by atoms with Crippen molar-refractivity contribution in [1.29, 1.82) is 0 Å². The number of rotatable bonds is 1. The van der Waals surface area contributed by atoms with Crippen molar-refractivity contribution in [3.63, 3.8) is 0 Å². The zero-order chi connectivity index (χ0) is 9.97. The summed E-state index contributed by atoms with van der Waals surface area (Å²) in [5, 5.41) is 3.65. The Morgan fingerprint density at radius 2 is 2.14 bits per heavy atom. The van der Waals surface area contributed by atoms with Crippen molar-refractivity contribution in [1.82, 2.24) is 5.32 Å². The molecule has 1 atom stereocenters. The van der Waals surface area contributed by atoms with Gasteiger partial charge in [-0.05, 0) is 44.9 Å². The maximum absolute atomic E-state index is 3.65. The van der Waals surface area contributed by atoms with E-state index in [0.29, 0.717) is 6.04 Å². The zero-order valence-electron chi connectivity index (χ0n) is 9.10. The summed E-state index contributed by atoms with van der Waals surface area (Å²) in [5.41, 5.74) is 1.45.